The van der Waals surface area contributed by atoms with E-state index in [-0.39, 0.29) is 24.0 Å². The molecule has 1 unspecified atom stereocenters. The molecule has 1 atom stereocenters. The standard InChI is InChI=1S/C18H34N4.HI/c1-15-5-10-21(11-6-15)16(2)13-20-17(19-3)22-12-9-18(14-22)7-4-8-18;/h15-16H,4-14H2,1-3H3,(H,19,20);1H. The molecule has 2 heterocycles. The van der Waals surface area contributed by atoms with Gasteiger partial charge in [-0.3, -0.25) is 9.89 Å². The van der Waals surface area contributed by atoms with Crippen molar-refractivity contribution in [2.24, 2.45) is 16.3 Å². The number of piperidine rings is 1. The Morgan fingerprint density at radius 3 is 2.43 bits per heavy atom. The maximum atomic E-state index is 4.54. The van der Waals surface area contributed by atoms with Crippen LogP contribution in [0.5, 0.6) is 0 Å². The molecule has 0 amide bonds. The third-order valence-corrected chi connectivity index (χ3v) is 6.36. The first kappa shape index (κ1) is 19.3. The molecule has 1 N–H and O–H groups in total. The summed E-state index contributed by atoms with van der Waals surface area (Å²) in [5.41, 5.74) is 0.645. The van der Waals surface area contributed by atoms with Gasteiger partial charge in [0, 0.05) is 32.7 Å². The Morgan fingerprint density at radius 2 is 1.91 bits per heavy atom. The zero-order chi connectivity index (χ0) is 15.6. The van der Waals surface area contributed by atoms with Crippen molar-refractivity contribution in [1.29, 1.82) is 0 Å². The van der Waals surface area contributed by atoms with E-state index in [1.54, 1.807) is 0 Å². The van der Waals surface area contributed by atoms with Gasteiger partial charge in [-0.05, 0) is 63.5 Å². The maximum Gasteiger partial charge on any atom is 0.193 e. The molecular weight excluding hydrogens is 399 g/mol. The van der Waals surface area contributed by atoms with Gasteiger partial charge in [-0.25, -0.2) is 0 Å². The molecule has 0 aromatic rings. The van der Waals surface area contributed by atoms with Crippen molar-refractivity contribution in [3.8, 4) is 0 Å². The fourth-order valence-corrected chi connectivity index (χ4v) is 4.37. The second kappa shape index (κ2) is 8.37. The summed E-state index contributed by atoms with van der Waals surface area (Å²) in [5, 5.41) is 3.64. The van der Waals surface area contributed by atoms with Crippen LogP contribution in [0.4, 0.5) is 0 Å². The van der Waals surface area contributed by atoms with Crippen molar-refractivity contribution in [3.63, 3.8) is 0 Å². The molecule has 3 rings (SSSR count). The normalized spacial score (nSPS) is 26.7. The van der Waals surface area contributed by atoms with E-state index < -0.39 is 0 Å². The molecule has 5 heteroatoms. The lowest BCUT2D eigenvalue weighted by molar-refractivity contribution is 0.145. The number of rotatable bonds is 3. The molecule has 0 aromatic heterocycles. The lowest BCUT2D eigenvalue weighted by Crippen LogP contribution is -2.49. The van der Waals surface area contributed by atoms with E-state index in [1.807, 2.05) is 7.05 Å². The summed E-state index contributed by atoms with van der Waals surface area (Å²) in [7, 11) is 1.93. The maximum absolute atomic E-state index is 4.54. The van der Waals surface area contributed by atoms with Crippen molar-refractivity contribution < 1.29 is 0 Å². The highest BCUT2D eigenvalue weighted by Crippen LogP contribution is 2.47. The molecule has 3 fully saturated rings. The first-order valence-electron chi connectivity index (χ1n) is 9.31. The van der Waals surface area contributed by atoms with Gasteiger partial charge in [0.05, 0.1) is 0 Å². The largest absolute Gasteiger partial charge is 0.355 e. The third-order valence-electron chi connectivity index (χ3n) is 6.36. The van der Waals surface area contributed by atoms with Gasteiger partial charge in [-0.15, -0.1) is 24.0 Å². The lowest BCUT2D eigenvalue weighted by atomic mass is 9.68. The zero-order valence-corrected chi connectivity index (χ0v) is 17.5. The van der Waals surface area contributed by atoms with Crippen LogP contribution in [0.15, 0.2) is 4.99 Å². The zero-order valence-electron chi connectivity index (χ0n) is 15.2. The Labute approximate surface area is 159 Å². The molecule has 2 saturated heterocycles. The van der Waals surface area contributed by atoms with Gasteiger partial charge >= 0.3 is 0 Å². The Bertz CT molecular complexity index is 400. The summed E-state index contributed by atoms with van der Waals surface area (Å²) in [4.78, 5) is 9.66. The molecule has 2 aliphatic heterocycles. The Hall–Kier alpha value is -0.0400. The molecule has 0 bridgehead atoms. The Kier molecular flexibility index (Phi) is 7.01. The van der Waals surface area contributed by atoms with Crippen LogP contribution >= 0.6 is 24.0 Å². The molecule has 1 aliphatic carbocycles. The monoisotopic (exact) mass is 434 g/mol. The highest BCUT2D eigenvalue weighted by atomic mass is 127. The number of nitrogens with zero attached hydrogens (tertiary/aromatic N) is 3. The van der Waals surface area contributed by atoms with Crippen LogP contribution in [0.3, 0.4) is 0 Å². The first-order chi connectivity index (χ1) is 10.6. The van der Waals surface area contributed by atoms with Crippen LogP contribution in [0.1, 0.15) is 52.4 Å². The number of hydrogen-bond donors (Lipinski definition) is 1. The molecule has 134 valence electrons. The summed E-state index contributed by atoms with van der Waals surface area (Å²) in [6.45, 7) is 10.7. The van der Waals surface area contributed by atoms with Crippen LogP contribution in [-0.4, -0.2) is 61.6 Å². The number of guanidine groups is 1. The number of nitrogens with one attached hydrogen (secondary N) is 1. The third kappa shape index (κ3) is 4.53. The van der Waals surface area contributed by atoms with Gasteiger partial charge in [0.25, 0.3) is 0 Å². The van der Waals surface area contributed by atoms with Gasteiger partial charge < -0.3 is 10.2 Å². The molecule has 3 aliphatic rings. The Balaban J connectivity index is 0.00000192. The van der Waals surface area contributed by atoms with E-state index in [2.05, 4.69) is 34.0 Å². The van der Waals surface area contributed by atoms with E-state index in [1.165, 1.54) is 64.7 Å². The van der Waals surface area contributed by atoms with Crippen LogP contribution in [0.25, 0.3) is 0 Å². The molecule has 0 radical (unpaired) electrons. The van der Waals surface area contributed by atoms with Crippen LogP contribution in [-0.2, 0) is 0 Å². The van der Waals surface area contributed by atoms with Gasteiger partial charge in [-0.1, -0.05) is 13.3 Å². The highest BCUT2D eigenvalue weighted by molar-refractivity contribution is 14.0. The average molecular weight is 434 g/mol. The van der Waals surface area contributed by atoms with Crippen molar-refractivity contribution in [2.75, 3.05) is 39.8 Å². The first-order valence-corrected chi connectivity index (χ1v) is 9.31. The minimum absolute atomic E-state index is 0. The predicted octanol–water partition coefficient (Wildman–Crippen LogP) is 3.18. The number of likely N-dealkylation sites (tertiary alicyclic amines) is 2. The van der Waals surface area contributed by atoms with Gasteiger partial charge in [0.2, 0.25) is 0 Å². The summed E-state index contributed by atoms with van der Waals surface area (Å²) >= 11 is 0. The predicted molar refractivity (Wildman–Crippen MR) is 109 cm³/mol. The van der Waals surface area contributed by atoms with Crippen molar-refractivity contribution in [1.82, 2.24) is 15.1 Å². The molecule has 23 heavy (non-hydrogen) atoms. The second-order valence-corrected chi connectivity index (χ2v) is 8.02. The van der Waals surface area contributed by atoms with Gasteiger partial charge in [-0.2, -0.15) is 0 Å². The SMILES string of the molecule is CN=C(NCC(C)N1CCC(C)CC1)N1CCC2(CCC2)C1.I. The van der Waals surface area contributed by atoms with Gasteiger partial charge in [0.1, 0.15) is 0 Å². The number of halogens is 1. The van der Waals surface area contributed by atoms with Gasteiger partial charge in [0.15, 0.2) is 5.96 Å². The molecule has 0 aromatic carbocycles. The summed E-state index contributed by atoms with van der Waals surface area (Å²) in [5.74, 6) is 2.04. The fraction of sp³-hybridized carbons (Fsp3) is 0.944. The minimum atomic E-state index is 0. The summed E-state index contributed by atoms with van der Waals surface area (Å²) < 4.78 is 0. The van der Waals surface area contributed by atoms with E-state index in [4.69, 9.17) is 0 Å². The number of hydrogen-bond acceptors (Lipinski definition) is 2. The van der Waals surface area contributed by atoms with E-state index in [0.29, 0.717) is 11.5 Å². The van der Waals surface area contributed by atoms with E-state index in [0.717, 1.165) is 18.4 Å². The average Bonchev–Trinajstić information content (AvgIpc) is 2.94. The van der Waals surface area contributed by atoms with Crippen molar-refractivity contribution in [2.45, 2.75) is 58.4 Å². The van der Waals surface area contributed by atoms with Crippen LogP contribution < -0.4 is 5.32 Å². The lowest BCUT2D eigenvalue weighted by Gasteiger charge is -2.38. The fourth-order valence-electron chi connectivity index (χ4n) is 4.37. The molecule has 1 saturated carbocycles. The molecular formula is C18H35IN4. The van der Waals surface area contributed by atoms with Crippen LogP contribution in [0.2, 0.25) is 0 Å². The van der Waals surface area contributed by atoms with Crippen molar-refractivity contribution >= 4 is 29.9 Å². The van der Waals surface area contributed by atoms with E-state index >= 15 is 0 Å². The minimum Gasteiger partial charge on any atom is -0.355 e. The topological polar surface area (TPSA) is 30.9 Å². The van der Waals surface area contributed by atoms with Crippen LogP contribution in [0, 0.1) is 11.3 Å². The quantitative estimate of drug-likeness (QED) is 0.421. The number of aliphatic imine (C=N–C) groups is 1. The summed E-state index contributed by atoms with van der Waals surface area (Å²) in [6.07, 6.45) is 8.38. The summed E-state index contributed by atoms with van der Waals surface area (Å²) in [6, 6.07) is 0.601. The van der Waals surface area contributed by atoms with E-state index in [9.17, 15) is 0 Å². The van der Waals surface area contributed by atoms with Crippen molar-refractivity contribution in [3.05, 3.63) is 0 Å². The molecule has 1 spiro atoms. The Morgan fingerprint density at radius 1 is 1.22 bits per heavy atom. The molecule has 4 nitrogen and oxygen atoms in total. The highest BCUT2D eigenvalue weighted by Gasteiger charge is 2.43. The second-order valence-electron chi connectivity index (χ2n) is 8.02. The smallest absolute Gasteiger partial charge is 0.193 e.